The molecular formula is C14H20N2O2. The number of carbonyl (C=O) groups excluding carboxylic acids is 1. The van der Waals surface area contributed by atoms with E-state index in [1.165, 1.54) is 0 Å². The molecule has 1 atom stereocenters. The summed E-state index contributed by atoms with van der Waals surface area (Å²) in [5, 5.41) is 2.99. The van der Waals surface area contributed by atoms with Crippen LogP contribution in [0.4, 0.5) is 0 Å². The van der Waals surface area contributed by atoms with Gasteiger partial charge in [-0.05, 0) is 38.1 Å². The third-order valence-electron chi connectivity index (χ3n) is 3.39. The number of likely N-dealkylation sites (tertiary alicyclic amines) is 1. The van der Waals surface area contributed by atoms with Crippen LogP contribution in [0.3, 0.4) is 0 Å². The number of ether oxygens (including phenoxy) is 1. The zero-order chi connectivity index (χ0) is 13.0. The predicted octanol–water partition coefficient (Wildman–Crippen LogP) is 1.38. The van der Waals surface area contributed by atoms with Crippen LogP contribution < -0.4 is 10.1 Å². The summed E-state index contributed by atoms with van der Waals surface area (Å²) < 4.78 is 5.19. The Morgan fingerprint density at radius 2 is 2.28 bits per heavy atom. The SMILES string of the molecule is COc1ccccc1C(=O)NCC1CCN(C)C1. The van der Waals surface area contributed by atoms with Crippen LogP contribution in [0.2, 0.25) is 0 Å². The van der Waals surface area contributed by atoms with Crippen molar-refractivity contribution < 1.29 is 9.53 Å². The summed E-state index contributed by atoms with van der Waals surface area (Å²) in [6.45, 7) is 2.92. The molecule has 2 rings (SSSR count). The Morgan fingerprint density at radius 1 is 1.50 bits per heavy atom. The minimum atomic E-state index is -0.0537. The fraction of sp³-hybridized carbons (Fsp3) is 0.500. The van der Waals surface area contributed by atoms with Crippen molar-refractivity contribution in [1.82, 2.24) is 10.2 Å². The van der Waals surface area contributed by atoms with Gasteiger partial charge in [0.1, 0.15) is 5.75 Å². The Morgan fingerprint density at radius 3 is 2.94 bits per heavy atom. The highest BCUT2D eigenvalue weighted by atomic mass is 16.5. The first-order valence-corrected chi connectivity index (χ1v) is 6.30. The Bertz CT molecular complexity index is 420. The molecule has 0 spiro atoms. The van der Waals surface area contributed by atoms with Gasteiger partial charge in [-0.25, -0.2) is 0 Å². The van der Waals surface area contributed by atoms with E-state index in [-0.39, 0.29) is 5.91 Å². The molecule has 0 bridgehead atoms. The number of methoxy groups -OCH3 is 1. The second-order valence-electron chi connectivity index (χ2n) is 4.83. The van der Waals surface area contributed by atoms with Gasteiger partial charge in [0.05, 0.1) is 12.7 Å². The summed E-state index contributed by atoms with van der Waals surface area (Å²) in [6, 6.07) is 7.30. The zero-order valence-electron chi connectivity index (χ0n) is 11.0. The maximum absolute atomic E-state index is 12.1. The van der Waals surface area contributed by atoms with Gasteiger partial charge in [-0.2, -0.15) is 0 Å². The first-order chi connectivity index (χ1) is 8.70. The molecule has 1 amide bonds. The van der Waals surface area contributed by atoms with E-state index in [1.54, 1.807) is 19.2 Å². The smallest absolute Gasteiger partial charge is 0.255 e. The second kappa shape index (κ2) is 5.87. The minimum Gasteiger partial charge on any atom is -0.496 e. The predicted molar refractivity (Wildman–Crippen MR) is 70.9 cm³/mol. The number of hydrogen-bond donors (Lipinski definition) is 1. The molecule has 1 aliphatic rings. The molecule has 1 fully saturated rings. The average Bonchev–Trinajstić information content (AvgIpc) is 2.81. The molecule has 4 heteroatoms. The Kier molecular flexibility index (Phi) is 4.20. The standard InChI is InChI=1S/C14H20N2O2/c1-16-8-7-11(10-16)9-15-14(17)12-5-3-4-6-13(12)18-2/h3-6,11H,7-10H2,1-2H3,(H,15,17). The van der Waals surface area contributed by atoms with Crippen LogP contribution in [-0.4, -0.2) is 44.6 Å². The lowest BCUT2D eigenvalue weighted by atomic mass is 10.1. The minimum absolute atomic E-state index is 0.0537. The van der Waals surface area contributed by atoms with E-state index in [0.29, 0.717) is 17.2 Å². The van der Waals surface area contributed by atoms with Gasteiger partial charge in [-0.15, -0.1) is 0 Å². The van der Waals surface area contributed by atoms with E-state index < -0.39 is 0 Å². The number of carbonyl (C=O) groups is 1. The van der Waals surface area contributed by atoms with Crippen LogP contribution in [-0.2, 0) is 0 Å². The van der Waals surface area contributed by atoms with Gasteiger partial charge in [0.2, 0.25) is 0 Å². The Balaban J connectivity index is 1.91. The van der Waals surface area contributed by atoms with E-state index in [4.69, 9.17) is 4.74 Å². The topological polar surface area (TPSA) is 41.6 Å². The van der Waals surface area contributed by atoms with Crippen molar-refractivity contribution in [2.45, 2.75) is 6.42 Å². The van der Waals surface area contributed by atoms with Crippen LogP contribution in [0.5, 0.6) is 5.75 Å². The van der Waals surface area contributed by atoms with Crippen molar-refractivity contribution in [3.8, 4) is 5.75 Å². The number of amides is 1. The van der Waals surface area contributed by atoms with Crippen molar-refractivity contribution in [3.05, 3.63) is 29.8 Å². The fourth-order valence-corrected chi connectivity index (χ4v) is 2.36. The van der Waals surface area contributed by atoms with Crippen LogP contribution in [0.1, 0.15) is 16.8 Å². The lowest BCUT2D eigenvalue weighted by molar-refractivity contribution is 0.0944. The molecule has 4 nitrogen and oxygen atoms in total. The highest BCUT2D eigenvalue weighted by Crippen LogP contribution is 2.18. The van der Waals surface area contributed by atoms with Crippen molar-refractivity contribution in [1.29, 1.82) is 0 Å². The number of hydrogen-bond acceptors (Lipinski definition) is 3. The third-order valence-corrected chi connectivity index (χ3v) is 3.39. The van der Waals surface area contributed by atoms with Gasteiger partial charge < -0.3 is 15.0 Å². The van der Waals surface area contributed by atoms with Gasteiger partial charge in [0.15, 0.2) is 0 Å². The number of para-hydroxylation sites is 1. The monoisotopic (exact) mass is 248 g/mol. The molecule has 0 aliphatic carbocycles. The summed E-state index contributed by atoms with van der Waals surface area (Å²) in [6.07, 6.45) is 1.16. The number of nitrogens with zero attached hydrogens (tertiary/aromatic N) is 1. The first-order valence-electron chi connectivity index (χ1n) is 6.30. The molecule has 0 saturated carbocycles. The lowest BCUT2D eigenvalue weighted by Gasteiger charge is -2.13. The first kappa shape index (κ1) is 12.9. The van der Waals surface area contributed by atoms with E-state index in [1.807, 2.05) is 12.1 Å². The summed E-state index contributed by atoms with van der Waals surface area (Å²) in [5.41, 5.74) is 0.603. The largest absolute Gasteiger partial charge is 0.496 e. The van der Waals surface area contributed by atoms with E-state index in [2.05, 4.69) is 17.3 Å². The molecule has 0 aromatic heterocycles. The maximum atomic E-state index is 12.1. The molecular weight excluding hydrogens is 228 g/mol. The van der Waals surface area contributed by atoms with Gasteiger partial charge in [0.25, 0.3) is 5.91 Å². The number of benzene rings is 1. The molecule has 1 aromatic rings. The quantitative estimate of drug-likeness (QED) is 0.875. The Hall–Kier alpha value is -1.55. The highest BCUT2D eigenvalue weighted by Gasteiger charge is 2.20. The van der Waals surface area contributed by atoms with E-state index >= 15 is 0 Å². The summed E-state index contributed by atoms with van der Waals surface area (Å²) in [7, 11) is 3.69. The molecule has 1 unspecified atom stereocenters. The van der Waals surface area contributed by atoms with Crippen molar-refractivity contribution in [2.24, 2.45) is 5.92 Å². The molecule has 1 aliphatic heterocycles. The fourth-order valence-electron chi connectivity index (χ4n) is 2.36. The van der Waals surface area contributed by atoms with E-state index in [0.717, 1.165) is 26.1 Å². The van der Waals surface area contributed by atoms with Gasteiger partial charge in [-0.3, -0.25) is 4.79 Å². The molecule has 98 valence electrons. The summed E-state index contributed by atoms with van der Waals surface area (Å²) in [4.78, 5) is 14.3. The van der Waals surface area contributed by atoms with Gasteiger partial charge in [-0.1, -0.05) is 12.1 Å². The van der Waals surface area contributed by atoms with Crippen molar-refractivity contribution >= 4 is 5.91 Å². The summed E-state index contributed by atoms with van der Waals surface area (Å²) >= 11 is 0. The maximum Gasteiger partial charge on any atom is 0.255 e. The zero-order valence-corrected chi connectivity index (χ0v) is 11.0. The Labute approximate surface area is 108 Å². The number of rotatable bonds is 4. The highest BCUT2D eigenvalue weighted by molar-refractivity contribution is 5.96. The number of nitrogens with one attached hydrogen (secondary N) is 1. The average molecular weight is 248 g/mol. The van der Waals surface area contributed by atoms with Crippen molar-refractivity contribution in [3.63, 3.8) is 0 Å². The molecule has 1 N–H and O–H groups in total. The van der Waals surface area contributed by atoms with Crippen LogP contribution in [0.15, 0.2) is 24.3 Å². The third kappa shape index (κ3) is 3.01. The van der Waals surface area contributed by atoms with Crippen LogP contribution in [0, 0.1) is 5.92 Å². The van der Waals surface area contributed by atoms with Gasteiger partial charge >= 0.3 is 0 Å². The van der Waals surface area contributed by atoms with Gasteiger partial charge in [0, 0.05) is 13.1 Å². The molecule has 1 heterocycles. The lowest BCUT2D eigenvalue weighted by Crippen LogP contribution is -2.30. The normalized spacial score (nSPS) is 19.8. The van der Waals surface area contributed by atoms with Crippen LogP contribution in [0.25, 0.3) is 0 Å². The van der Waals surface area contributed by atoms with Crippen molar-refractivity contribution in [2.75, 3.05) is 33.8 Å². The molecule has 1 aromatic carbocycles. The van der Waals surface area contributed by atoms with E-state index in [9.17, 15) is 4.79 Å². The molecule has 1 saturated heterocycles. The van der Waals surface area contributed by atoms with Crippen LogP contribution >= 0.6 is 0 Å². The second-order valence-corrected chi connectivity index (χ2v) is 4.83. The molecule has 18 heavy (non-hydrogen) atoms. The molecule has 0 radical (unpaired) electrons. The summed E-state index contributed by atoms with van der Waals surface area (Å²) in [5.74, 6) is 1.13.